The van der Waals surface area contributed by atoms with E-state index in [9.17, 15) is 19.5 Å². The molecule has 15 heteroatoms. The number of fused-ring (bicyclic) bond motifs is 1. The van der Waals surface area contributed by atoms with Gasteiger partial charge in [0.25, 0.3) is 0 Å². The monoisotopic (exact) mass is 738 g/mol. The van der Waals surface area contributed by atoms with Crippen LogP contribution in [0, 0.1) is 17.8 Å². The quantitative estimate of drug-likeness (QED) is 0.0568. The molecular formula is C39H46N8O7. The molecule has 2 aliphatic rings. The first-order valence-corrected chi connectivity index (χ1v) is 18.1. The number of rotatable bonds is 11. The third kappa shape index (κ3) is 8.40. The Labute approximate surface area is 313 Å². The van der Waals surface area contributed by atoms with Crippen molar-refractivity contribution in [2.75, 3.05) is 27.3 Å². The predicted molar refractivity (Wildman–Crippen MR) is 200 cm³/mol. The summed E-state index contributed by atoms with van der Waals surface area (Å²) >= 11 is 0. The van der Waals surface area contributed by atoms with Crippen LogP contribution in [0.5, 0.6) is 0 Å². The number of amides is 3. The summed E-state index contributed by atoms with van der Waals surface area (Å²) in [7, 11) is 2.59. The number of hydrogen-bond acceptors (Lipinski definition) is 10. The van der Waals surface area contributed by atoms with Crippen LogP contribution in [0.25, 0.3) is 22.3 Å². The van der Waals surface area contributed by atoms with Crippen LogP contribution in [0.3, 0.4) is 0 Å². The van der Waals surface area contributed by atoms with E-state index in [-0.39, 0.29) is 23.9 Å². The lowest BCUT2D eigenvalue weighted by Gasteiger charge is -2.29. The lowest BCUT2D eigenvalue weighted by atomic mass is 10.0. The van der Waals surface area contributed by atoms with Crippen molar-refractivity contribution in [3.05, 3.63) is 71.4 Å². The van der Waals surface area contributed by atoms with Gasteiger partial charge in [0.05, 0.1) is 55.3 Å². The van der Waals surface area contributed by atoms with E-state index < -0.39 is 30.2 Å². The van der Waals surface area contributed by atoms with Gasteiger partial charge in [0.2, 0.25) is 18.2 Å². The molecule has 0 saturated carbocycles. The Bertz CT molecular complexity index is 2040. The second kappa shape index (κ2) is 17.0. The lowest BCUT2D eigenvalue weighted by molar-refractivity contribution is -0.188. The second-order valence-corrected chi connectivity index (χ2v) is 13.8. The maximum atomic E-state index is 13.5. The Kier molecular flexibility index (Phi) is 11.9. The number of aliphatic hydroxyl groups is 1. The molecule has 5 atom stereocenters. The van der Waals surface area contributed by atoms with Crippen molar-refractivity contribution in [1.29, 1.82) is 0 Å². The zero-order chi connectivity index (χ0) is 38.4. The molecule has 0 aliphatic carbocycles. The van der Waals surface area contributed by atoms with Crippen molar-refractivity contribution in [3.63, 3.8) is 0 Å². The maximum Gasteiger partial charge on any atom is 0.407 e. The van der Waals surface area contributed by atoms with Gasteiger partial charge < -0.3 is 39.8 Å². The molecule has 2 aliphatic heterocycles. The fourth-order valence-electron chi connectivity index (χ4n) is 7.00. The maximum absolute atomic E-state index is 13.5. The minimum Gasteiger partial charge on any atom is -0.453 e. The number of aliphatic hydroxyl groups excluding tert-OH is 1. The molecule has 4 aromatic rings. The van der Waals surface area contributed by atoms with Crippen molar-refractivity contribution in [2.24, 2.45) is 10.9 Å². The van der Waals surface area contributed by atoms with E-state index in [1.807, 2.05) is 61.2 Å². The van der Waals surface area contributed by atoms with Crippen LogP contribution in [-0.2, 0) is 24.1 Å². The van der Waals surface area contributed by atoms with E-state index in [0.29, 0.717) is 25.3 Å². The van der Waals surface area contributed by atoms with E-state index in [2.05, 4.69) is 46.7 Å². The SMILES string of the molecule is COO/C=N\[C@H](C(=O)N1CCC[C@H]1c1ncc(-c2ccc(C#Cc3ccc4nc([C@@H]5CCCN5C(=O)[C@@H](NC(=O)OC)[C@H](C)O)[nH]c4c3)cc2)[nH]1)C(C)C. The summed E-state index contributed by atoms with van der Waals surface area (Å²) in [5, 5.41) is 12.7. The van der Waals surface area contributed by atoms with Gasteiger partial charge in [-0.25, -0.2) is 19.8 Å². The van der Waals surface area contributed by atoms with Crippen LogP contribution in [0.1, 0.15) is 81.3 Å². The highest BCUT2D eigenvalue weighted by atomic mass is 17.2. The number of aromatic amines is 2. The number of hydrogen-bond donors (Lipinski definition) is 4. The third-order valence-corrected chi connectivity index (χ3v) is 9.80. The highest BCUT2D eigenvalue weighted by Gasteiger charge is 2.39. The summed E-state index contributed by atoms with van der Waals surface area (Å²) in [6, 6.07) is 11.4. The van der Waals surface area contributed by atoms with E-state index in [1.54, 1.807) is 11.1 Å². The zero-order valence-electron chi connectivity index (χ0n) is 31.0. The third-order valence-electron chi connectivity index (χ3n) is 9.80. The average molecular weight is 739 g/mol. The molecular weight excluding hydrogens is 692 g/mol. The molecule has 0 unspecified atom stereocenters. The van der Waals surface area contributed by atoms with Crippen molar-refractivity contribution in [3.8, 4) is 23.1 Å². The lowest BCUT2D eigenvalue weighted by Crippen LogP contribution is -2.53. The van der Waals surface area contributed by atoms with Gasteiger partial charge in [0.15, 0.2) is 0 Å². The minimum absolute atomic E-state index is 0.0203. The number of benzene rings is 2. The number of ether oxygens (including phenoxy) is 1. The van der Waals surface area contributed by atoms with Gasteiger partial charge in [0.1, 0.15) is 23.7 Å². The number of imidazole rings is 2. The zero-order valence-corrected chi connectivity index (χ0v) is 31.0. The predicted octanol–water partition coefficient (Wildman–Crippen LogP) is 4.42. The van der Waals surface area contributed by atoms with Crippen LogP contribution in [0.2, 0.25) is 0 Å². The van der Waals surface area contributed by atoms with Gasteiger partial charge in [-0.3, -0.25) is 9.59 Å². The number of carbonyl (C=O) groups excluding carboxylic acids is 3. The standard InChI is InChI=1S/C39H46N8O7/c1-23(2)33(41-22-54-53-5)37(49)46-18-6-8-31(46)35-40-21-30(44-35)27-15-12-25(13-16-27)10-11-26-14-17-28-29(20-26)43-36(42-28)32-9-7-19-47(32)38(50)34(24(3)48)45-39(51)52-4/h12-17,20-24,31-34,48H,6-9,18-19H2,1-5H3,(H,40,44)(H,42,43)(H,45,51)/b41-22-/t24-,31-,32-,33-,34-/m0/s1. The molecule has 0 radical (unpaired) electrons. The van der Waals surface area contributed by atoms with Gasteiger partial charge in [-0.15, -0.1) is 0 Å². The molecule has 284 valence electrons. The molecule has 2 saturated heterocycles. The van der Waals surface area contributed by atoms with E-state index >= 15 is 0 Å². The van der Waals surface area contributed by atoms with Gasteiger partial charge >= 0.3 is 6.09 Å². The molecule has 2 aromatic heterocycles. The normalized spacial score (nSPS) is 18.8. The first-order chi connectivity index (χ1) is 26.1. The highest BCUT2D eigenvalue weighted by Crippen LogP contribution is 2.34. The fraction of sp³-hybridized carbons (Fsp3) is 0.436. The number of nitrogens with one attached hydrogen (secondary N) is 3. The molecule has 2 aromatic carbocycles. The topological polar surface area (TPSA) is 187 Å². The number of H-pyrrole nitrogens is 2. The number of aromatic nitrogens is 4. The van der Waals surface area contributed by atoms with Crippen molar-refractivity contribution in [2.45, 2.75) is 76.7 Å². The molecule has 0 bridgehead atoms. The summed E-state index contributed by atoms with van der Waals surface area (Å²) < 4.78 is 4.64. The van der Waals surface area contributed by atoms with Crippen LogP contribution in [0.15, 0.2) is 53.7 Å². The molecule has 6 rings (SSSR count). The van der Waals surface area contributed by atoms with Gasteiger partial charge in [0, 0.05) is 24.2 Å². The number of aliphatic imine (C=N–C) groups is 1. The second-order valence-electron chi connectivity index (χ2n) is 13.8. The fourth-order valence-corrected chi connectivity index (χ4v) is 7.00. The van der Waals surface area contributed by atoms with Crippen molar-refractivity contribution in [1.82, 2.24) is 35.1 Å². The van der Waals surface area contributed by atoms with Gasteiger partial charge in [-0.05, 0) is 74.4 Å². The molecule has 2 fully saturated rings. The van der Waals surface area contributed by atoms with E-state index in [1.165, 1.54) is 27.5 Å². The van der Waals surface area contributed by atoms with Crippen molar-refractivity contribution < 1.29 is 34.0 Å². The van der Waals surface area contributed by atoms with Crippen LogP contribution >= 0.6 is 0 Å². The smallest absolute Gasteiger partial charge is 0.407 e. The molecule has 0 spiro atoms. The Morgan fingerprint density at radius 2 is 1.61 bits per heavy atom. The molecule has 4 N–H and O–H groups in total. The minimum atomic E-state index is -1.14. The average Bonchev–Trinajstić information content (AvgIpc) is 4.00. The van der Waals surface area contributed by atoms with E-state index in [4.69, 9.17) is 9.87 Å². The molecule has 3 amide bonds. The summed E-state index contributed by atoms with van der Waals surface area (Å²) in [6.07, 6.45) is 4.20. The van der Waals surface area contributed by atoms with Crippen LogP contribution in [-0.4, -0.2) is 105 Å². The Balaban J connectivity index is 1.12. The first-order valence-electron chi connectivity index (χ1n) is 18.1. The van der Waals surface area contributed by atoms with Gasteiger partial charge in [-0.1, -0.05) is 37.8 Å². The molecule has 4 heterocycles. The number of nitrogens with zero attached hydrogens (tertiary/aromatic N) is 5. The Hall–Kier alpha value is -5.72. The summed E-state index contributed by atoms with van der Waals surface area (Å²) in [4.78, 5) is 72.1. The van der Waals surface area contributed by atoms with Crippen LogP contribution in [0.4, 0.5) is 4.79 Å². The Morgan fingerprint density at radius 3 is 2.28 bits per heavy atom. The van der Waals surface area contributed by atoms with Gasteiger partial charge in [-0.2, -0.15) is 4.89 Å². The largest absolute Gasteiger partial charge is 0.453 e. The molecule has 54 heavy (non-hydrogen) atoms. The van der Waals surface area contributed by atoms with Crippen molar-refractivity contribution >= 4 is 35.3 Å². The first kappa shape index (κ1) is 38.0. The number of alkyl carbamates (subject to hydrolysis) is 1. The summed E-state index contributed by atoms with van der Waals surface area (Å²) in [5.74, 6) is 7.36. The van der Waals surface area contributed by atoms with E-state index in [0.717, 1.165) is 58.5 Å². The van der Waals surface area contributed by atoms with Crippen LogP contribution < -0.4 is 5.32 Å². The molecule has 15 nitrogen and oxygen atoms in total. The number of likely N-dealkylation sites (tertiary alicyclic amines) is 2. The number of methoxy groups -OCH3 is 1. The highest BCUT2D eigenvalue weighted by molar-refractivity contribution is 5.87. The Morgan fingerprint density at radius 1 is 0.944 bits per heavy atom. The summed E-state index contributed by atoms with van der Waals surface area (Å²) in [5.41, 5.74) is 4.96. The summed E-state index contributed by atoms with van der Waals surface area (Å²) in [6.45, 7) is 6.47. The number of carbonyl (C=O) groups is 3.